The van der Waals surface area contributed by atoms with Crippen molar-refractivity contribution in [2.45, 2.75) is 31.4 Å². The molecule has 0 bridgehead atoms. The van der Waals surface area contributed by atoms with Gasteiger partial charge in [0.25, 0.3) is 0 Å². The largest absolute Gasteiger partial charge is 0.465 e. The van der Waals surface area contributed by atoms with Gasteiger partial charge in [0.2, 0.25) is 5.91 Å². The molecule has 0 aromatic heterocycles. The van der Waals surface area contributed by atoms with E-state index >= 15 is 0 Å². The van der Waals surface area contributed by atoms with Gasteiger partial charge in [-0.15, -0.1) is 0 Å². The van der Waals surface area contributed by atoms with Gasteiger partial charge in [-0.25, -0.2) is 9.59 Å². The molecule has 6 N–H and O–H groups in total. The second-order valence-electron chi connectivity index (χ2n) is 8.96. The number of amides is 4. The van der Waals surface area contributed by atoms with E-state index in [2.05, 4.69) is 10.6 Å². The number of nitrogens with zero attached hydrogens (tertiary/aromatic N) is 1. The van der Waals surface area contributed by atoms with Crippen LogP contribution in [0.15, 0.2) is 72.8 Å². The van der Waals surface area contributed by atoms with E-state index in [4.69, 9.17) is 5.73 Å². The summed E-state index contributed by atoms with van der Waals surface area (Å²) in [7, 11) is 0. The summed E-state index contributed by atoms with van der Waals surface area (Å²) in [5, 5.41) is 24.8. The van der Waals surface area contributed by atoms with Crippen LogP contribution in [0.5, 0.6) is 0 Å². The van der Waals surface area contributed by atoms with E-state index in [0.717, 1.165) is 22.3 Å². The smallest absolute Gasteiger partial charge is 0.408 e. The lowest BCUT2D eigenvalue weighted by atomic mass is 9.95. The van der Waals surface area contributed by atoms with Crippen LogP contribution >= 0.6 is 0 Å². The molecule has 4 amide bonds. The average Bonchev–Trinajstić information content (AvgIpc) is 3.21. The van der Waals surface area contributed by atoms with Crippen molar-refractivity contribution >= 4 is 23.7 Å². The van der Waals surface area contributed by atoms with Crippen LogP contribution in [0.2, 0.25) is 0 Å². The molecule has 0 saturated heterocycles. The molecule has 0 heterocycles. The van der Waals surface area contributed by atoms with E-state index in [-0.39, 0.29) is 32.0 Å². The van der Waals surface area contributed by atoms with Crippen LogP contribution in [0.1, 0.15) is 35.4 Å². The minimum absolute atomic E-state index is 0.0914. The third-order valence-corrected chi connectivity index (χ3v) is 6.62. The molecule has 9 heteroatoms. The quantitative estimate of drug-likeness (QED) is 0.268. The molecular weight excluding hydrogens is 472 g/mol. The van der Waals surface area contributed by atoms with Gasteiger partial charge in [0.15, 0.2) is 0 Å². The number of benzene rings is 3. The minimum atomic E-state index is -1.21. The molecule has 1 atom stereocenters. The van der Waals surface area contributed by atoms with Crippen LogP contribution in [0.4, 0.5) is 15.3 Å². The molecule has 3 aromatic carbocycles. The SMILES string of the molecule is NC(=O)NCCCC(C(=O)Nc1ccc(CO)cc1)N(CC1c2ccccc2-c2ccccc21)C(=O)O. The molecule has 0 saturated carbocycles. The Labute approximate surface area is 214 Å². The maximum Gasteiger partial charge on any atom is 0.408 e. The predicted octanol–water partition coefficient (Wildman–Crippen LogP) is 3.73. The first-order chi connectivity index (χ1) is 17.9. The zero-order chi connectivity index (χ0) is 26.4. The van der Waals surface area contributed by atoms with Crippen molar-refractivity contribution in [3.63, 3.8) is 0 Å². The number of rotatable bonds is 10. The first kappa shape index (κ1) is 25.7. The highest BCUT2D eigenvalue weighted by Crippen LogP contribution is 2.45. The molecule has 9 nitrogen and oxygen atoms in total. The Balaban J connectivity index is 1.61. The standard InChI is InChI=1S/C28H30N4O5/c29-27(35)30-15-5-10-25(26(34)31-19-13-11-18(17-33)12-14-19)32(28(36)37)16-24-22-8-3-1-6-20(22)21-7-2-4-9-23(21)24/h1-4,6-9,11-14,24-25,33H,5,10,15-17H2,(H,31,34)(H,36,37)(H3,29,30,35). The molecule has 192 valence electrons. The molecule has 1 unspecified atom stereocenters. The highest BCUT2D eigenvalue weighted by Gasteiger charge is 2.36. The number of fused-ring (bicyclic) bond motifs is 3. The maximum atomic E-state index is 13.4. The van der Waals surface area contributed by atoms with Gasteiger partial charge in [-0.3, -0.25) is 9.69 Å². The number of hydrogen-bond acceptors (Lipinski definition) is 4. The van der Waals surface area contributed by atoms with Crippen LogP contribution in [0.3, 0.4) is 0 Å². The van der Waals surface area contributed by atoms with Gasteiger partial charge in [-0.2, -0.15) is 0 Å². The van der Waals surface area contributed by atoms with Gasteiger partial charge in [0.1, 0.15) is 6.04 Å². The monoisotopic (exact) mass is 502 g/mol. The molecule has 3 aromatic rings. The summed E-state index contributed by atoms with van der Waals surface area (Å²) in [6.07, 6.45) is -0.671. The van der Waals surface area contributed by atoms with Crippen molar-refractivity contribution in [1.82, 2.24) is 10.2 Å². The van der Waals surface area contributed by atoms with E-state index < -0.39 is 24.1 Å². The van der Waals surface area contributed by atoms with Crippen LogP contribution in [-0.2, 0) is 11.4 Å². The Kier molecular flexibility index (Phi) is 8.05. The van der Waals surface area contributed by atoms with Gasteiger partial charge < -0.3 is 26.6 Å². The predicted molar refractivity (Wildman–Crippen MR) is 140 cm³/mol. The molecule has 4 rings (SSSR count). The van der Waals surface area contributed by atoms with Crippen molar-refractivity contribution in [3.05, 3.63) is 89.5 Å². The third-order valence-electron chi connectivity index (χ3n) is 6.62. The zero-order valence-corrected chi connectivity index (χ0v) is 20.3. The summed E-state index contributed by atoms with van der Waals surface area (Å²) in [4.78, 5) is 38.3. The maximum absolute atomic E-state index is 13.4. The average molecular weight is 503 g/mol. The molecule has 0 spiro atoms. The number of carbonyl (C=O) groups excluding carboxylic acids is 2. The van der Waals surface area contributed by atoms with Crippen LogP contribution in [-0.4, -0.2) is 52.3 Å². The second-order valence-corrected chi connectivity index (χ2v) is 8.96. The summed E-state index contributed by atoms with van der Waals surface area (Å²) < 4.78 is 0. The lowest BCUT2D eigenvalue weighted by molar-refractivity contribution is -0.121. The van der Waals surface area contributed by atoms with Crippen molar-refractivity contribution in [3.8, 4) is 11.1 Å². The number of aliphatic hydroxyl groups excluding tert-OH is 1. The highest BCUT2D eigenvalue weighted by molar-refractivity contribution is 5.96. The van der Waals surface area contributed by atoms with E-state index in [0.29, 0.717) is 17.7 Å². The fourth-order valence-electron chi connectivity index (χ4n) is 4.85. The molecule has 1 aliphatic rings. The van der Waals surface area contributed by atoms with Crippen LogP contribution in [0.25, 0.3) is 11.1 Å². The van der Waals surface area contributed by atoms with Gasteiger partial charge in [0.05, 0.1) is 6.61 Å². The number of urea groups is 1. The number of nitrogens with one attached hydrogen (secondary N) is 2. The Morgan fingerprint density at radius 2 is 1.51 bits per heavy atom. The fraction of sp³-hybridized carbons (Fsp3) is 0.250. The number of carboxylic acid groups (broad SMARTS) is 1. The third kappa shape index (κ3) is 5.90. The van der Waals surface area contributed by atoms with E-state index in [9.17, 15) is 24.6 Å². The molecule has 0 radical (unpaired) electrons. The number of anilines is 1. The van der Waals surface area contributed by atoms with Gasteiger partial charge in [0, 0.05) is 24.7 Å². The highest BCUT2D eigenvalue weighted by atomic mass is 16.4. The normalized spacial score (nSPS) is 12.8. The molecule has 0 fully saturated rings. The summed E-state index contributed by atoms with van der Waals surface area (Å²) in [6.45, 7) is 0.182. The lowest BCUT2D eigenvalue weighted by Crippen LogP contribution is -2.48. The summed E-state index contributed by atoms with van der Waals surface area (Å²) >= 11 is 0. The molecular formula is C28H30N4O5. The Morgan fingerprint density at radius 3 is 2.05 bits per heavy atom. The molecule has 37 heavy (non-hydrogen) atoms. The van der Waals surface area contributed by atoms with E-state index in [1.165, 1.54) is 4.90 Å². The number of nitrogens with two attached hydrogens (primary N) is 1. The number of primary amides is 1. The summed E-state index contributed by atoms with van der Waals surface area (Å²) in [5.74, 6) is -0.704. The van der Waals surface area contributed by atoms with E-state index in [1.54, 1.807) is 24.3 Å². The summed E-state index contributed by atoms with van der Waals surface area (Å²) in [5.41, 5.74) is 10.5. The molecule has 0 aliphatic heterocycles. The van der Waals surface area contributed by atoms with E-state index in [1.807, 2.05) is 48.5 Å². The Bertz CT molecular complexity index is 1230. The van der Waals surface area contributed by atoms with Crippen LogP contribution < -0.4 is 16.4 Å². The van der Waals surface area contributed by atoms with Crippen molar-refractivity contribution in [1.29, 1.82) is 0 Å². The fourth-order valence-corrected chi connectivity index (χ4v) is 4.85. The first-order valence-corrected chi connectivity index (χ1v) is 12.1. The van der Waals surface area contributed by atoms with Crippen molar-refractivity contribution < 1.29 is 24.6 Å². The minimum Gasteiger partial charge on any atom is -0.465 e. The number of hydrogen-bond donors (Lipinski definition) is 5. The van der Waals surface area contributed by atoms with Gasteiger partial charge in [-0.05, 0) is 52.8 Å². The van der Waals surface area contributed by atoms with Gasteiger partial charge in [-0.1, -0.05) is 60.7 Å². The second kappa shape index (κ2) is 11.6. The van der Waals surface area contributed by atoms with Crippen molar-refractivity contribution in [2.75, 3.05) is 18.4 Å². The van der Waals surface area contributed by atoms with Gasteiger partial charge >= 0.3 is 12.1 Å². The molecule has 1 aliphatic carbocycles. The zero-order valence-electron chi connectivity index (χ0n) is 20.3. The summed E-state index contributed by atoms with van der Waals surface area (Å²) in [6, 6.07) is 20.8. The Morgan fingerprint density at radius 1 is 0.919 bits per heavy atom. The lowest BCUT2D eigenvalue weighted by Gasteiger charge is -2.31. The number of carbonyl (C=O) groups is 3. The first-order valence-electron chi connectivity index (χ1n) is 12.1. The van der Waals surface area contributed by atoms with Crippen LogP contribution in [0, 0.1) is 0 Å². The number of aliphatic hydroxyl groups is 1. The topological polar surface area (TPSA) is 145 Å². The Hall–Kier alpha value is -4.37. The van der Waals surface area contributed by atoms with Crippen molar-refractivity contribution in [2.24, 2.45) is 5.73 Å².